The van der Waals surface area contributed by atoms with Crippen molar-refractivity contribution in [1.82, 2.24) is 13.7 Å². The van der Waals surface area contributed by atoms with Crippen LogP contribution in [0.5, 0.6) is 0 Å². The van der Waals surface area contributed by atoms with Gasteiger partial charge in [0.05, 0.1) is 0 Å². The molecule has 0 N–H and O–H groups in total. The van der Waals surface area contributed by atoms with E-state index >= 15 is 0 Å². The van der Waals surface area contributed by atoms with Crippen LogP contribution in [0.2, 0.25) is 0 Å². The van der Waals surface area contributed by atoms with E-state index in [1.165, 1.54) is 123 Å². The first-order valence-electron chi connectivity index (χ1n) is 21.7. The summed E-state index contributed by atoms with van der Waals surface area (Å²) >= 11 is -0.488. The van der Waals surface area contributed by atoms with Crippen LogP contribution in [0.25, 0.3) is 93.3 Å². The molecular formula is C59H35IN3-. The van der Waals surface area contributed by atoms with Crippen LogP contribution in [-0.2, 0) is 5.41 Å². The summed E-state index contributed by atoms with van der Waals surface area (Å²) in [6.07, 6.45) is 0. The van der Waals surface area contributed by atoms with Crippen molar-refractivity contribution >= 4 is 76.2 Å². The van der Waals surface area contributed by atoms with E-state index in [9.17, 15) is 0 Å². The van der Waals surface area contributed by atoms with Crippen molar-refractivity contribution in [1.29, 1.82) is 0 Å². The summed E-state index contributed by atoms with van der Waals surface area (Å²) in [7, 11) is 0. The van der Waals surface area contributed by atoms with Crippen LogP contribution < -0.4 is 21.2 Å². The summed E-state index contributed by atoms with van der Waals surface area (Å²) in [5.41, 5.74) is 16.1. The second kappa shape index (κ2) is 12.4. The molecule has 4 heteroatoms. The van der Waals surface area contributed by atoms with E-state index < -0.39 is 26.6 Å². The molecule has 1 atom stereocenters. The zero-order valence-corrected chi connectivity index (χ0v) is 36.1. The predicted molar refractivity (Wildman–Crippen MR) is 256 cm³/mol. The molecule has 0 radical (unpaired) electrons. The van der Waals surface area contributed by atoms with Crippen molar-refractivity contribution < 1.29 is 21.2 Å². The number of fused-ring (bicyclic) bond motifs is 18. The molecule has 2 aliphatic heterocycles. The Kier molecular flexibility index (Phi) is 6.72. The number of hydrogen-bond donors (Lipinski definition) is 0. The topological polar surface area (TPSA) is 14.8 Å². The molecule has 13 aromatic rings. The molecule has 294 valence electrons. The molecule has 10 aromatic carbocycles. The van der Waals surface area contributed by atoms with Gasteiger partial charge in [-0.05, 0) is 10.8 Å². The summed E-state index contributed by atoms with van der Waals surface area (Å²) < 4.78 is 10.5. The van der Waals surface area contributed by atoms with Gasteiger partial charge in [0.1, 0.15) is 0 Å². The molecule has 63 heavy (non-hydrogen) atoms. The number of aromatic nitrogens is 3. The SMILES string of the molecule is c1ccc2c(c1)[I-]c1cc3c4ccccc4n(-c4ccc5c(c4)c4ccccc4n5-c4ccc5ccccc5c4)c3cc1C21c2ccccc2-n2c3ccccc3c3cccc1c32. The van der Waals surface area contributed by atoms with Gasteiger partial charge in [0.15, 0.2) is 0 Å². The first-order valence-corrected chi connectivity index (χ1v) is 23.9. The molecule has 1 spiro atoms. The average Bonchev–Trinajstić information content (AvgIpc) is 3.98. The Bertz CT molecular complexity index is 4140. The first kappa shape index (κ1) is 34.2. The second-order valence-electron chi connectivity index (χ2n) is 17.2. The van der Waals surface area contributed by atoms with Crippen molar-refractivity contribution in [2.45, 2.75) is 5.41 Å². The number of nitrogens with zero attached hydrogens (tertiary/aromatic N) is 3. The fourth-order valence-electron chi connectivity index (χ4n) is 11.7. The minimum atomic E-state index is -0.517. The fraction of sp³-hybridized carbons (Fsp3) is 0.0169. The maximum absolute atomic E-state index is 2.61. The summed E-state index contributed by atoms with van der Waals surface area (Å²) in [5.74, 6) is 0. The summed E-state index contributed by atoms with van der Waals surface area (Å²) in [6, 6.07) is 80.3. The second-order valence-corrected chi connectivity index (χ2v) is 20.0. The first-order chi connectivity index (χ1) is 31.3. The standard InChI is InChI=1S/C59H35IN3/c1-2-15-37-32-38(29-28-36(37)14-1)61-52-24-9-4-17-41(52)44-33-39(30-31-55(44)61)62-53-25-10-5-18-42(53)45-34-51-49(35-57(45)62)59(46-20-6-8-23-50(46)60-51)47-21-7-12-27-56(47)63-54-26-11-3-16-40(54)43-19-13-22-48(59)58(43)63/h1-35H/q-1. The van der Waals surface area contributed by atoms with E-state index in [2.05, 4.69) is 226 Å². The van der Waals surface area contributed by atoms with Crippen LogP contribution in [0, 0.1) is 7.14 Å². The van der Waals surface area contributed by atoms with Crippen LogP contribution in [0.4, 0.5) is 0 Å². The normalized spacial score (nSPS) is 15.4. The Morgan fingerprint density at radius 2 is 0.857 bits per heavy atom. The number of hydrogen-bond acceptors (Lipinski definition) is 0. The molecule has 0 amide bonds. The van der Waals surface area contributed by atoms with Gasteiger partial charge in [0.25, 0.3) is 0 Å². The third kappa shape index (κ3) is 4.34. The molecule has 15 rings (SSSR count). The number of para-hydroxylation sites is 5. The van der Waals surface area contributed by atoms with Gasteiger partial charge in [-0.3, -0.25) is 0 Å². The van der Waals surface area contributed by atoms with E-state index in [1.54, 1.807) is 0 Å². The Labute approximate surface area is 372 Å². The van der Waals surface area contributed by atoms with Crippen molar-refractivity contribution in [2.75, 3.05) is 0 Å². The Morgan fingerprint density at radius 3 is 1.67 bits per heavy atom. The molecule has 5 heterocycles. The third-order valence-corrected chi connectivity index (χ3v) is 17.2. The van der Waals surface area contributed by atoms with Crippen LogP contribution in [-0.4, -0.2) is 13.7 Å². The number of halogens is 1. The molecule has 0 aliphatic carbocycles. The van der Waals surface area contributed by atoms with Crippen LogP contribution in [0.1, 0.15) is 22.3 Å². The van der Waals surface area contributed by atoms with Crippen LogP contribution in [0.3, 0.4) is 0 Å². The van der Waals surface area contributed by atoms with Gasteiger partial charge < -0.3 is 0 Å². The van der Waals surface area contributed by atoms with E-state index in [-0.39, 0.29) is 0 Å². The average molecular weight is 913 g/mol. The minimum absolute atomic E-state index is 0.488. The molecule has 0 fully saturated rings. The Morgan fingerprint density at radius 1 is 0.302 bits per heavy atom. The third-order valence-electron chi connectivity index (χ3n) is 14.2. The summed E-state index contributed by atoms with van der Waals surface area (Å²) in [5, 5.41) is 10.2. The molecule has 2 aliphatic rings. The van der Waals surface area contributed by atoms with Gasteiger partial charge in [0.2, 0.25) is 0 Å². The van der Waals surface area contributed by atoms with Gasteiger partial charge in [-0.25, -0.2) is 0 Å². The van der Waals surface area contributed by atoms with E-state index in [0.717, 1.165) is 0 Å². The van der Waals surface area contributed by atoms with Gasteiger partial charge >= 0.3 is 334 Å². The van der Waals surface area contributed by atoms with E-state index in [1.807, 2.05) is 0 Å². The van der Waals surface area contributed by atoms with Gasteiger partial charge in [0, 0.05) is 0 Å². The molecule has 3 nitrogen and oxygen atoms in total. The predicted octanol–water partition coefficient (Wildman–Crippen LogP) is 11.3. The van der Waals surface area contributed by atoms with Crippen molar-refractivity contribution in [3.63, 3.8) is 0 Å². The van der Waals surface area contributed by atoms with Crippen molar-refractivity contribution in [3.05, 3.63) is 242 Å². The number of rotatable bonds is 2. The summed E-state index contributed by atoms with van der Waals surface area (Å²) in [6.45, 7) is 0. The van der Waals surface area contributed by atoms with Gasteiger partial charge in [-0.15, -0.1) is 0 Å². The van der Waals surface area contributed by atoms with E-state index in [0.29, 0.717) is 0 Å². The zero-order valence-electron chi connectivity index (χ0n) is 33.9. The maximum atomic E-state index is 2.61. The zero-order chi connectivity index (χ0) is 41.0. The van der Waals surface area contributed by atoms with Crippen molar-refractivity contribution in [3.8, 4) is 17.1 Å². The van der Waals surface area contributed by atoms with Crippen LogP contribution >= 0.6 is 0 Å². The van der Waals surface area contributed by atoms with Crippen LogP contribution in [0.15, 0.2) is 212 Å². The molecule has 0 saturated carbocycles. The number of benzene rings is 10. The summed E-state index contributed by atoms with van der Waals surface area (Å²) in [4.78, 5) is 0. The molecule has 0 saturated heterocycles. The van der Waals surface area contributed by atoms with E-state index in [4.69, 9.17) is 0 Å². The molecular weight excluding hydrogens is 878 g/mol. The Hall–Kier alpha value is -7.41. The molecule has 1 unspecified atom stereocenters. The monoisotopic (exact) mass is 912 g/mol. The quantitative estimate of drug-likeness (QED) is 0.154. The fourth-order valence-corrected chi connectivity index (χ4v) is 14.9. The Balaban J connectivity index is 1.05. The van der Waals surface area contributed by atoms with Gasteiger partial charge in [-0.2, -0.15) is 0 Å². The van der Waals surface area contributed by atoms with Crippen molar-refractivity contribution in [2.24, 2.45) is 0 Å². The molecule has 0 bridgehead atoms. The molecule has 3 aromatic heterocycles. The van der Waals surface area contributed by atoms with Gasteiger partial charge in [-0.1, -0.05) is 30.3 Å².